The van der Waals surface area contributed by atoms with Crippen LogP contribution in [0.25, 0.3) is 10.9 Å². The van der Waals surface area contributed by atoms with Gasteiger partial charge in [0.15, 0.2) is 0 Å². The molecule has 2 aliphatic rings. The molecule has 0 atom stereocenters. The Morgan fingerprint density at radius 3 is 2.65 bits per heavy atom. The Labute approximate surface area is 138 Å². The van der Waals surface area contributed by atoms with Crippen molar-refractivity contribution in [1.82, 2.24) is 9.97 Å². The molecule has 1 aliphatic carbocycles. The van der Waals surface area contributed by atoms with Crippen LogP contribution in [-0.4, -0.2) is 23.1 Å². The van der Waals surface area contributed by atoms with Crippen LogP contribution in [0.4, 0.5) is 5.69 Å². The molecule has 2 fully saturated rings. The van der Waals surface area contributed by atoms with Gasteiger partial charge < -0.3 is 9.88 Å². The zero-order chi connectivity index (χ0) is 16.0. The third kappa shape index (κ3) is 2.29. The van der Waals surface area contributed by atoms with Crippen molar-refractivity contribution in [2.45, 2.75) is 32.1 Å². The van der Waals surface area contributed by atoms with E-state index in [-0.39, 0.29) is 11.1 Å². The second-order valence-corrected chi connectivity index (χ2v) is 7.07. The molecular weight excluding hydrogens is 312 g/mol. The van der Waals surface area contributed by atoms with Gasteiger partial charge in [0.1, 0.15) is 16.8 Å². The number of halogens is 1. The largest absolute Gasteiger partial charge is 0.370 e. The summed E-state index contributed by atoms with van der Waals surface area (Å²) in [5, 5.41) is 10.6. The van der Waals surface area contributed by atoms with Crippen LogP contribution in [0.5, 0.6) is 0 Å². The first-order valence-electron chi connectivity index (χ1n) is 7.98. The third-order valence-corrected chi connectivity index (χ3v) is 5.71. The van der Waals surface area contributed by atoms with Gasteiger partial charge in [0.05, 0.1) is 17.4 Å². The molecule has 1 saturated carbocycles. The molecule has 0 radical (unpaired) electrons. The van der Waals surface area contributed by atoms with Crippen molar-refractivity contribution in [1.29, 1.82) is 5.26 Å². The SMILES string of the molecule is N#Cc1c(N2CCC3(CCC3)CC2)c2cc(Cl)ncc2[nH]c1=O. The van der Waals surface area contributed by atoms with Crippen molar-refractivity contribution >= 4 is 28.2 Å². The van der Waals surface area contributed by atoms with Gasteiger partial charge in [-0.3, -0.25) is 4.79 Å². The minimum atomic E-state index is -0.358. The van der Waals surface area contributed by atoms with Crippen molar-refractivity contribution in [2.75, 3.05) is 18.0 Å². The van der Waals surface area contributed by atoms with Gasteiger partial charge >= 0.3 is 0 Å². The van der Waals surface area contributed by atoms with E-state index in [1.807, 2.05) is 0 Å². The van der Waals surface area contributed by atoms with E-state index in [1.54, 1.807) is 12.3 Å². The molecule has 3 heterocycles. The van der Waals surface area contributed by atoms with E-state index in [0.29, 0.717) is 21.8 Å². The lowest BCUT2D eigenvalue weighted by Gasteiger charge is -2.48. The van der Waals surface area contributed by atoms with Gasteiger partial charge in [-0.05, 0) is 37.2 Å². The van der Waals surface area contributed by atoms with E-state index < -0.39 is 0 Å². The van der Waals surface area contributed by atoms with Crippen LogP contribution in [0.15, 0.2) is 17.1 Å². The smallest absolute Gasteiger partial charge is 0.268 e. The molecule has 5 nitrogen and oxygen atoms in total. The number of hydrogen-bond donors (Lipinski definition) is 1. The van der Waals surface area contributed by atoms with E-state index in [2.05, 4.69) is 20.9 Å². The van der Waals surface area contributed by atoms with Crippen molar-refractivity contribution in [3.05, 3.63) is 33.3 Å². The fraction of sp³-hybridized carbons (Fsp3) is 0.471. The summed E-state index contributed by atoms with van der Waals surface area (Å²) in [6.07, 6.45) is 7.78. The molecule has 0 aromatic carbocycles. The zero-order valence-electron chi connectivity index (χ0n) is 12.7. The summed E-state index contributed by atoms with van der Waals surface area (Å²) >= 11 is 6.04. The predicted molar refractivity (Wildman–Crippen MR) is 89.8 cm³/mol. The maximum absolute atomic E-state index is 12.2. The molecule has 0 amide bonds. The summed E-state index contributed by atoms with van der Waals surface area (Å²) in [6, 6.07) is 3.81. The molecular formula is C17H17ClN4O. The number of nitriles is 1. The number of hydrogen-bond acceptors (Lipinski definition) is 4. The Balaban J connectivity index is 1.83. The zero-order valence-corrected chi connectivity index (χ0v) is 13.5. The number of aromatic nitrogens is 2. The second kappa shape index (κ2) is 5.24. The highest BCUT2D eigenvalue weighted by Gasteiger charge is 2.40. The lowest BCUT2D eigenvalue weighted by atomic mass is 9.63. The van der Waals surface area contributed by atoms with E-state index in [0.717, 1.165) is 31.3 Å². The first kappa shape index (κ1) is 14.5. The van der Waals surface area contributed by atoms with Crippen LogP contribution in [0.1, 0.15) is 37.7 Å². The van der Waals surface area contributed by atoms with Gasteiger partial charge in [0, 0.05) is 18.5 Å². The molecule has 6 heteroatoms. The Bertz CT molecular complexity index is 869. The monoisotopic (exact) mass is 328 g/mol. The number of piperidine rings is 1. The molecule has 2 aromatic heterocycles. The first-order valence-corrected chi connectivity index (χ1v) is 8.36. The van der Waals surface area contributed by atoms with Crippen LogP contribution in [0.2, 0.25) is 5.15 Å². The first-order chi connectivity index (χ1) is 11.1. The number of pyridine rings is 2. The van der Waals surface area contributed by atoms with Gasteiger partial charge in [-0.2, -0.15) is 5.26 Å². The van der Waals surface area contributed by atoms with Gasteiger partial charge in [-0.1, -0.05) is 18.0 Å². The number of nitrogens with one attached hydrogen (secondary N) is 1. The van der Waals surface area contributed by atoms with E-state index in [9.17, 15) is 10.1 Å². The summed E-state index contributed by atoms with van der Waals surface area (Å²) in [7, 11) is 0. The highest BCUT2D eigenvalue weighted by molar-refractivity contribution is 6.30. The molecule has 1 aliphatic heterocycles. The van der Waals surface area contributed by atoms with Crippen molar-refractivity contribution in [3.8, 4) is 6.07 Å². The van der Waals surface area contributed by atoms with Crippen LogP contribution in [0.3, 0.4) is 0 Å². The molecule has 1 saturated heterocycles. The number of nitrogens with zero attached hydrogens (tertiary/aromatic N) is 3. The molecule has 23 heavy (non-hydrogen) atoms. The molecule has 1 N–H and O–H groups in total. The maximum Gasteiger partial charge on any atom is 0.268 e. The van der Waals surface area contributed by atoms with Gasteiger partial charge in [0.25, 0.3) is 5.56 Å². The second-order valence-electron chi connectivity index (χ2n) is 6.68. The molecule has 4 rings (SSSR count). The van der Waals surface area contributed by atoms with Crippen LogP contribution < -0.4 is 10.5 Å². The summed E-state index contributed by atoms with van der Waals surface area (Å²) < 4.78 is 0. The summed E-state index contributed by atoms with van der Waals surface area (Å²) in [6.45, 7) is 1.76. The third-order valence-electron chi connectivity index (χ3n) is 5.50. The highest BCUT2D eigenvalue weighted by Crippen LogP contribution is 2.49. The van der Waals surface area contributed by atoms with Crippen molar-refractivity contribution < 1.29 is 0 Å². The molecule has 0 unspecified atom stereocenters. The molecule has 0 bridgehead atoms. The topological polar surface area (TPSA) is 72.8 Å². The standard InChI is InChI=1S/C17H17ClN4O/c18-14-8-11-13(10-20-14)21-16(23)12(9-19)15(11)22-6-4-17(5-7-22)2-1-3-17/h8,10H,1-7H2,(H,21,23). The fourth-order valence-electron chi connectivity index (χ4n) is 3.97. The Kier molecular flexibility index (Phi) is 3.31. The Morgan fingerprint density at radius 1 is 1.30 bits per heavy atom. The van der Waals surface area contributed by atoms with E-state index in [1.165, 1.54) is 19.3 Å². The van der Waals surface area contributed by atoms with E-state index in [4.69, 9.17) is 11.6 Å². The number of anilines is 1. The van der Waals surface area contributed by atoms with Crippen LogP contribution in [0, 0.1) is 16.7 Å². The van der Waals surface area contributed by atoms with Crippen LogP contribution >= 0.6 is 11.6 Å². The molecule has 2 aromatic rings. The average Bonchev–Trinajstić information content (AvgIpc) is 2.53. The normalized spacial score (nSPS) is 19.6. The summed E-state index contributed by atoms with van der Waals surface area (Å²) in [5.41, 5.74) is 1.66. The summed E-state index contributed by atoms with van der Waals surface area (Å²) in [5.74, 6) is 0. The minimum Gasteiger partial charge on any atom is -0.370 e. The van der Waals surface area contributed by atoms with Gasteiger partial charge in [-0.25, -0.2) is 4.98 Å². The average molecular weight is 329 g/mol. The van der Waals surface area contributed by atoms with Gasteiger partial charge in [0.2, 0.25) is 0 Å². The minimum absolute atomic E-state index is 0.171. The highest BCUT2D eigenvalue weighted by atomic mass is 35.5. The fourth-order valence-corrected chi connectivity index (χ4v) is 4.12. The predicted octanol–water partition coefficient (Wildman–Crippen LogP) is 3.22. The van der Waals surface area contributed by atoms with Gasteiger partial charge in [-0.15, -0.1) is 0 Å². The maximum atomic E-state index is 12.2. The number of aromatic amines is 1. The quantitative estimate of drug-likeness (QED) is 0.816. The Hall–Kier alpha value is -2.06. The number of rotatable bonds is 1. The summed E-state index contributed by atoms with van der Waals surface area (Å²) in [4.78, 5) is 21.2. The molecule has 118 valence electrons. The van der Waals surface area contributed by atoms with Crippen LogP contribution in [-0.2, 0) is 0 Å². The number of fused-ring (bicyclic) bond motifs is 1. The van der Waals surface area contributed by atoms with E-state index >= 15 is 0 Å². The molecule has 1 spiro atoms. The van der Waals surface area contributed by atoms with Crippen molar-refractivity contribution in [3.63, 3.8) is 0 Å². The Morgan fingerprint density at radius 2 is 2.04 bits per heavy atom. The van der Waals surface area contributed by atoms with Crippen molar-refractivity contribution in [2.24, 2.45) is 5.41 Å². The number of H-pyrrole nitrogens is 1. The lowest BCUT2D eigenvalue weighted by Crippen LogP contribution is -2.44. The lowest BCUT2D eigenvalue weighted by molar-refractivity contribution is 0.0956.